The third kappa shape index (κ3) is 3.19. The van der Waals surface area contributed by atoms with E-state index in [0.29, 0.717) is 17.3 Å². The second-order valence-corrected chi connectivity index (χ2v) is 5.86. The van der Waals surface area contributed by atoms with Gasteiger partial charge in [-0.25, -0.2) is 0 Å². The Kier molecular flexibility index (Phi) is 3.98. The number of carbonyl (C=O) groups excluding carboxylic acids is 1. The summed E-state index contributed by atoms with van der Waals surface area (Å²) in [5.41, 5.74) is 0.690. The zero-order valence-electron chi connectivity index (χ0n) is 12.2. The van der Waals surface area contributed by atoms with Crippen molar-refractivity contribution in [3.63, 3.8) is 0 Å². The van der Waals surface area contributed by atoms with Crippen molar-refractivity contribution in [2.75, 3.05) is 18.5 Å². The summed E-state index contributed by atoms with van der Waals surface area (Å²) in [4.78, 5) is 24.9. The molecule has 3 rings (SSSR count). The lowest BCUT2D eigenvalue weighted by atomic mass is 10.1. The fraction of sp³-hybridized carbons (Fsp3) is 0.533. The molecule has 2 fully saturated rings. The van der Waals surface area contributed by atoms with Crippen molar-refractivity contribution in [3.05, 3.63) is 33.9 Å². The molecule has 1 aromatic carbocycles. The van der Waals surface area contributed by atoms with Crippen LogP contribution in [-0.2, 0) is 0 Å². The summed E-state index contributed by atoms with van der Waals surface area (Å²) in [6.45, 7) is 0.158. The third-order valence-electron chi connectivity index (χ3n) is 3.97. The minimum absolute atomic E-state index is 0.0718. The summed E-state index contributed by atoms with van der Waals surface area (Å²) in [7, 11) is 0. The van der Waals surface area contributed by atoms with E-state index in [1.54, 1.807) is 17.0 Å². The van der Waals surface area contributed by atoms with Gasteiger partial charge in [0.1, 0.15) is 5.69 Å². The highest BCUT2D eigenvalue weighted by Gasteiger charge is 2.33. The van der Waals surface area contributed by atoms with Crippen molar-refractivity contribution in [2.45, 2.75) is 37.8 Å². The maximum Gasteiger partial charge on any atom is 0.293 e. The van der Waals surface area contributed by atoms with Crippen molar-refractivity contribution < 1.29 is 14.8 Å². The highest BCUT2D eigenvalue weighted by atomic mass is 16.6. The molecular formula is C15H19N3O4. The van der Waals surface area contributed by atoms with Gasteiger partial charge in [-0.05, 0) is 37.8 Å². The van der Waals surface area contributed by atoms with Crippen LogP contribution in [0.1, 0.15) is 36.0 Å². The number of aliphatic hydroxyl groups excluding tert-OH is 1. The smallest absolute Gasteiger partial charge is 0.293 e. The largest absolute Gasteiger partial charge is 0.395 e. The highest BCUT2D eigenvalue weighted by Crippen LogP contribution is 2.33. The Balaban J connectivity index is 1.84. The molecule has 1 aromatic rings. The van der Waals surface area contributed by atoms with Crippen LogP contribution in [0.4, 0.5) is 11.4 Å². The average molecular weight is 305 g/mol. The van der Waals surface area contributed by atoms with Crippen LogP contribution in [0, 0.1) is 10.1 Å². The van der Waals surface area contributed by atoms with Crippen LogP contribution in [0.15, 0.2) is 18.2 Å². The number of nitrogens with one attached hydrogen (secondary N) is 1. The first-order valence-electron chi connectivity index (χ1n) is 7.57. The first-order valence-corrected chi connectivity index (χ1v) is 7.57. The molecule has 2 saturated carbocycles. The van der Waals surface area contributed by atoms with Crippen LogP contribution in [0.3, 0.4) is 0 Å². The number of hydrogen-bond donors (Lipinski definition) is 2. The van der Waals surface area contributed by atoms with E-state index < -0.39 is 4.92 Å². The van der Waals surface area contributed by atoms with E-state index in [9.17, 15) is 14.9 Å². The van der Waals surface area contributed by atoms with Gasteiger partial charge in [-0.2, -0.15) is 0 Å². The van der Waals surface area contributed by atoms with Gasteiger partial charge in [-0.15, -0.1) is 0 Å². The summed E-state index contributed by atoms with van der Waals surface area (Å²) in [5, 5.41) is 23.4. The molecule has 1 amide bonds. The minimum Gasteiger partial charge on any atom is -0.395 e. The SMILES string of the molecule is O=C(c1ccc(NC2CC2)c([N+](=O)[O-])c1)N(CCO)C1CC1. The molecule has 0 spiro atoms. The number of nitro benzene ring substituents is 1. The summed E-state index contributed by atoms with van der Waals surface area (Å²) in [5.74, 6) is -0.252. The summed E-state index contributed by atoms with van der Waals surface area (Å²) < 4.78 is 0. The molecule has 2 N–H and O–H groups in total. The second-order valence-electron chi connectivity index (χ2n) is 5.86. The molecule has 2 aliphatic carbocycles. The zero-order valence-corrected chi connectivity index (χ0v) is 12.2. The van der Waals surface area contributed by atoms with E-state index in [0.717, 1.165) is 25.7 Å². The molecule has 0 aromatic heterocycles. The van der Waals surface area contributed by atoms with Gasteiger partial charge in [-0.1, -0.05) is 0 Å². The van der Waals surface area contributed by atoms with E-state index in [1.807, 2.05) is 0 Å². The van der Waals surface area contributed by atoms with Gasteiger partial charge in [-0.3, -0.25) is 14.9 Å². The number of anilines is 1. The topological polar surface area (TPSA) is 95.7 Å². The normalized spacial score (nSPS) is 17.1. The lowest BCUT2D eigenvalue weighted by molar-refractivity contribution is -0.384. The Bertz CT molecular complexity index is 596. The standard InChI is InChI=1S/C15H19N3O4/c19-8-7-17(12-4-5-12)15(20)10-1-6-13(16-11-2-3-11)14(9-10)18(21)22/h1,6,9,11-12,16,19H,2-5,7-8H2. The molecule has 0 unspecified atom stereocenters. The fourth-order valence-corrected chi connectivity index (χ4v) is 2.50. The zero-order chi connectivity index (χ0) is 15.7. The molecule has 0 saturated heterocycles. The number of nitro groups is 1. The van der Waals surface area contributed by atoms with Gasteiger partial charge in [0.2, 0.25) is 0 Å². The van der Waals surface area contributed by atoms with Crippen molar-refractivity contribution in [1.29, 1.82) is 0 Å². The number of carbonyl (C=O) groups is 1. The number of amides is 1. The first kappa shape index (κ1) is 14.8. The van der Waals surface area contributed by atoms with Gasteiger partial charge >= 0.3 is 0 Å². The van der Waals surface area contributed by atoms with Crippen molar-refractivity contribution in [3.8, 4) is 0 Å². The summed E-state index contributed by atoms with van der Waals surface area (Å²) >= 11 is 0. The molecule has 2 aliphatic rings. The Morgan fingerprint density at radius 1 is 1.36 bits per heavy atom. The van der Waals surface area contributed by atoms with Gasteiger partial charge in [0.25, 0.3) is 11.6 Å². The lowest BCUT2D eigenvalue weighted by Gasteiger charge is -2.21. The summed E-state index contributed by atoms with van der Waals surface area (Å²) in [6, 6.07) is 5.01. The van der Waals surface area contributed by atoms with Crippen LogP contribution in [0.5, 0.6) is 0 Å². The van der Waals surface area contributed by atoms with Gasteiger partial charge in [0.15, 0.2) is 0 Å². The molecule has 0 radical (unpaired) electrons. The molecule has 22 heavy (non-hydrogen) atoms. The monoisotopic (exact) mass is 305 g/mol. The quantitative estimate of drug-likeness (QED) is 0.591. The molecule has 7 heteroatoms. The predicted octanol–water partition coefficient (Wildman–Crippen LogP) is 1.77. The lowest BCUT2D eigenvalue weighted by Crippen LogP contribution is -2.35. The van der Waals surface area contributed by atoms with Gasteiger partial charge in [0, 0.05) is 30.3 Å². The van der Waals surface area contributed by atoms with Gasteiger partial charge in [0.05, 0.1) is 11.5 Å². The Labute approximate surface area is 128 Å². The Morgan fingerprint density at radius 2 is 2.09 bits per heavy atom. The molecule has 0 bridgehead atoms. The third-order valence-corrected chi connectivity index (χ3v) is 3.97. The molecular weight excluding hydrogens is 286 g/mol. The maximum atomic E-state index is 12.5. The van der Waals surface area contributed by atoms with Crippen LogP contribution >= 0.6 is 0 Å². The van der Waals surface area contributed by atoms with E-state index in [2.05, 4.69) is 5.32 Å². The Hall–Kier alpha value is -2.15. The summed E-state index contributed by atoms with van der Waals surface area (Å²) in [6.07, 6.45) is 3.89. The van der Waals surface area contributed by atoms with E-state index in [4.69, 9.17) is 5.11 Å². The molecule has 7 nitrogen and oxygen atoms in total. The van der Waals surface area contributed by atoms with E-state index >= 15 is 0 Å². The number of nitrogens with zero attached hydrogens (tertiary/aromatic N) is 2. The van der Waals surface area contributed by atoms with Gasteiger partial charge < -0.3 is 15.3 Å². The van der Waals surface area contributed by atoms with E-state index in [-0.39, 0.29) is 30.8 Å². The number of benzene rings is 1. The fourth-order valence-electron chi connectivity index (χ4n) is 2.50. The van der Waals surface area contributed by atoms with Crippen molar-refractivity contribution >= 4 is 17.3 Å². The predicted molar refractivity (Wildman–Crippen MR) is 80.9 cm³/mol. The number of aliphatic hydroxyl groups is 1. The number of hydrogen-bond acceptors (Lipinski definition) is 5. The molecule has 0 heterocycles. The minimum atomic E-state index is -0.463. The van der Waals surface area contributed by atoms with Crippen molar-refractivity contribution in [2.24, 2.45) is 0 Å². The van der Waals surface area contributed by atoms with Crippen LogP contribution < -0.4 is 5.32 Å². The van der Waals surface area contributed by atoms with Crippen molar-refractivity contribution in [1.82, 2.24) is 4.90 Å². The number of rotatable bonds is 7. The molecule has 0 aliphatic heterocycles. The van der Waals surface area contributed by atoms with Crippen LogP contribution in [-0.4, -0.2) is 46.1 Å². The average Bonchev–Trinajstić information content (AvgIpc) is 3.37. The molecule has 118 valence electrons. The van der Waals surface area contributed by atoms with Crippen LogP contribution in [0.2, 0.25) is 0 Å². The first-order chi connectivity index (χ1) is 10.6. The second kappa shape index (κ2) is 5.92. The molecule has 0 atom stereocenters. The maximum absolute atomic E-state index is 12.5. The Morgan fingerprint density at radius 3 is 2.64 bits per heavy atom. The van der Waals surface area contributed by atoms with E-state index in [1.165, 1.54) is 6.07 Å². The highest BCUT2D eigenvalue weighted by molar-refractivity contribution is 5.96. The van der Waals surface area contributed by atoms with Crippen LogP contribution in [0.25, 0.3) is 0 Å².